The molecule has 28 heavy (non-hydrogen) atoms. The Morgan fingerprint density at radius 3 is 2.64 bits per heavy atom. The van der Waals surface area contributed by atoms with Crippen LogP contribution in [-0.2, 0) is 0 Å². The van der Waals surface area contributed by atoms with E-state index in [0.717, 1.165) is 0 Å². The number of rotatable bonds is 4. The van der Waals surface area contributed by atoms with Gasteiger partial charge in [0.25, 0.3) is 11.5 Å². The van der Waals surface area contributed by atoms with E-state index >= 15 is 0 Å². The van der Waals surface area contributed by atoms with Crippen LogP contribution in [0.25, 0.3) is 17.0 Å². The van der Waals surface area contributed by atoms with Gasteiger partial charge in [-0.2, -0.15) is 0 Å². The zero-order valence-electron chi connectivity index (χ0n) is 15.1. The van der Waals surface area contributed by atoms with Crippen LogP contribution in [0.15, 0.2) is 51.9 Å². The van der Waals surface area contributed by atoms with Crippen LogP contribution >= 0.6 is 11.6 Å². The summed E-state index contributed by atoms with van der Waals surface area (Å²) >= 11 is 5.86. The monoisotopic (exact) mass is 397 g/mol. The number of aromatic amines is 1. The van der Waals surface area contributed by atoms with E-state index in [4.69, 9.17) is 16.1 Å². The Labute approximate surface area is 164 Å². The van der Waals surface area contributed by atoms with Crippen LogP contribution in [0.3, 0.4) is 0 Å². The van der Waals surface area contributed by atoms with E-state index in [1.807, 2.05) is 13.8 Å². The van der Waals surface area contributed by atoms with Crippen LogP contribution in [0.2, 0.25) is 5.02 Å². The maximum Gasteiger partial charge on any atom is 0.273 e. The van der Waals surface area contributed by atoms with E-state index in [0.29, 0.717) is 27.9 Å². The first-order valence-electron chi connectivity index (χ1n) is 8.57. The first kappa shape index (κ1) is 18.0. The lowest BCUT2D eigenvalue weighted by Crippen LogP contribution is -2.16. The summed E-state index contributed by atoms with van der Waals surface area (Å²) in [6, 6.07) is 9.79. The Bertz CT molecular complexity index is 1220. The number of anilines is 1. The minimum absolute atomic E-state index is 0.152. The fraction of sp³-hybridized carbons (Fsp3) is 0.158. The molecule has 0 fully saturated rings. The van der Waals surface area contributed by atoms with Crippen LogP contribution in [0.1, 0.15) is 35.9 Å². The summed E-state index contributed by atoms with van der Waals surface area (Å²) in [4.78, 5) is 29.5. The number of halogens is 1. The van der Waals surface area contributed by atoms with Crippen molar-refractivity contribution in [1.82, 2.24) is 19.8 Å². The standard InChI is InChI=1S/C19H16ClN5O3/c1-10(2)16-7-15(24-28-16)14-8-17(26)25-18(23-14)13(9-21-25)19(27)22-12-5-3-11(20)4-6-12/h3-10,21H,1-2H3,(H,22,27). The number of benzene rings is 1. The number of amides is 1. The van der Waals surface area contributed by atoms with Crippen LogP contribution in [0.5, 0.6) is 0 Å². The molecule has 4 aromatic rings. The number of carbonyl (C=O) groups is 1. The molecule has 0 atom stereocenters. The number of hydrogen-bond acceptors (Lipinski definition) is 5. The van der Waals surface area contributed by atoms with Gasteiger partial charge in [0.05, 0.1) is 0 Å². The molecule has 3 aromatic heterocycles. The van der Waals surface area contributed by atoms with Crippen molar-refractivity contribution in [2.45, 2.75) is 19.8 Å². The number of H-pyrrole nitrogens is 1. The second kappa shape index (κ2) is 6.97. The lowest BCUT2D eigenvalue weighted by molar-refractivity contribution is 0.102. The summed E-state index contributed by atoms with van der Waals surface area (Å²) < 4.78 is 6.48. The number of carbonyl (C=O) groups excluding carboxylic acids is 1. The van der Waals surface area contributed by atoms with Crippen molar-refractivity contribution >= 4 is 28.8 Å². The van der Waals surface area contributed by atoms with Crippen LogP contribution in [0, 0.1) is 0 Å². The predicted molar refractivity (Wildman–Crippen MR) is 105 cm³/mol. The Kier molecular flexibility index (Phi) is 4.48. The van der Waals surface area contributed by atoms with Gasteiger partial charge in [0.1, 0.15) is 22.7 Å². The van der Waals surface area contributed by atoms with E-state index in [1.165, 1.54) is 16.8 Å². The SMILES string of the molecule is CC(C)c1cc(-c2cc(=O)n3[nH]cc(C(=O)Nc4ccc(Cl)cc4)c3n2)no1. The van der Waals surface area contributed by atoms with Gasteiger partial charge in [0, 0.05) is 35.0 Å². The summed E-state index contributed by atoms with van der Waals surface area (Å²) in [5.41, 5.74) is 1.41. The lowest BCUT2D eigenvalue weighted by Gasteiger charge is -2.04. The molecule has 0 radical (unpaired) electrons. The number of fused-ring (bicyclic) bond motifs is 1. The first-order chi connectivity index (χ1) is 13.4. The highest BCUT2D eigenvalue weighted by Gasteiger charge is 2.18. The van der Waals surface area contributed by atoms with Gasteiger partial charge in [-0.3, -0.25) is 14.7 Å². The minimum atomic E-state index is -0.409. The molecule has 0 saturated carbocycles. The second-order valence-electron chi connectivity index (χ2n) is 6.56. The highest BCUT2D eigenvalue weighted by molar-refractivity contribution is 6.30. The van der Waals surface area contributed by atoms with Gasteiger partial charge in [-0.25, -0.2) is 9.50 Å². The van der Waals surface area contributed by atoms with E-state index in [-0.39, 0.29) is 22.7 Å². The van der Waals surface area contributed by atoms with E-state index < -0.39 is 5.91 Å². The van der Waals surface area contributed by atoms with Gasteiger partial charge in [0.15, 0.2) is 5.65 Å². The van der Waals surface area contributed by atoms with E-state index in [9.17, 15) is 9.59 Å². The predicted octanol–water partition coefficient (Wildman–Crippen LogP) is 3.71. The summed E-state index contributed by atoms with van der Waals surface area (Å²) in [6.07, 6.45) is 1.43. The van der Waals surface area contributed by atoms with Gasteiger partial charge >= 0.3 is 0 Å². The zero-order chi connectivity index (χ0) is 19.8. The van der Waals surface area contributed by atoms with Gasteiger partial charge in [-0.15, -0.1) is 0 Å². The van der Waals surface area contributed by atoms with Gasteiger partial charge in [-0.1, -0.05) is 30.6 Å². The molecule has 0 aliphatic carbocycles. The molecular weight excluding hydrogens is 382 g/mol. The van der Waals surface area contributed by atoms with Crippen LogP contribution < -0.4 is 10.9 Å². The third-order valence-electron chi connectivity index (χ3n) is 4.20. The smallest absolute Gasteiger partial charge is 0.273 e. The topological polar surface area (TPSA) is 105 Å². The lowest BCUT2D eigenvalue weighted by atomic mass is 10.1. The molecule has 1 amide bonds. The van der Waals surface area contributed by atoms with Crippen LogP contribution in [-0.4, -0.2) is 25.7 Å². The van der Waals surface area contributed by atoms with Gasteiger partial charge in [-0.05, 0) is 24.3 Å². The molecule has 0 aliphatic heterocycles. The number of aromatic nitrogens is 4. The third-order valence-corrected chi connectivity index (χ3v) is 4.46. The molecule has 9 heteroatoms. The minimum Gasteiger partial charge on any atom is -0.360 e. The fourth-order valence-electron chi connectivity index (χ4n) is 2.69. The van der Waals surface area contributed by atoms with Crippen molar-refractivity contribution in [2.24, 2.45) is 0 Å². The molecule has 2 N–H and O–H groups in total. The molecule has 142 valence electrons. The maximum absolute atomic E-state index is 12.7. The molecule has 1 aromatic carbocycles. The molecule has 0 bridgehead atoms. The van der Waals surface area contributed by atoms with Crippen molar-refractivity contribution in [2.75, 3.05) is 5.32 Å². The summed E-state index contributed by atoms with van der Waals surface area (Å²) in [5.74, 6) is 0.430. The molecular formula is C19H16ClN5O3. The van der Waals surface area contributed by atoms with Crippen molar-refractivity contribution in [3.63, 3.8) is 0 Å². The highest BCUT2D eigenvalue weighted by Crippen LogP contribution is 2.22. The zero-order valence-corrected chi connectivity index (χ0v) is 15.8. The average Bonchev–Trinajstić information content (AvgIpc) is 3.31. The van der Waals surface area contributed by atoms with Gasteiger partial charge < -0.3 is 9.84 Å². The Balaban J connectivity index is 1.73. The molecule has 0 spiro atoms. The summed E-state index contributed by atoms with van der Waals surface area (Å²) in [6.45, 7) is 3.95. The van der Waals surface area contributed by atoms with Gasteiger partial charge in [0.2, 0.25) is 0 Å². The fourth-order valence-corrected chi connectivity index (χ4v) is 2.82. The quantitative estimate of drug-likeness (QED) is 0.546. The van der Waals surface area contributed by atoms with E-state index in [2.05, 4.69) is 20.6 Å². The first-order valence-corrected chi connectivity index (χ1v) is 8.95. The Hall–Kier alpha value is -3.39. The van der Waals surface area contributed by atoms with Crippen molar-refractivity contribution < 1.29 is 9.32 Å². The summed E-state index contributed by atoms with van der Waals surface area (Å²) in [7, 11) is 0. The molecule has 4 rings (SSSR count). The van der Waals surface area contributed by atoms with Crippen molar-refractivity contribution in [3.05, 3.63) is 69.3 Å². The summed E-state index contributed by atoms with van der Waals surface area (Å²) in [5, 5.41) is 10.1. The molecule has 0 saturated heterocycles. The largest absolute Gasteiger partial charge is 0.360 e. The number of nitrogens with one attached hydrogen (secondary N) is 2. The molecule has 0 unspecified atom stereocenters. The second-order valence-corrected chi connectivity index (χ2v) is 6.99. The normalized spacial score (nSPS) is 11.3. The van der Waals surface area contributed by atoms with Crippen LogP contribution in [0.4, 0.5) is 5.69 Å². The number of hydrogen-bond donors (Lipinski definition) is 2. The Morgan fingerprint density at radius 1 is 1.21 bits per heavy atom. The molecule has 8 nitrogen and oxygen atoms in total. The van der Waals surface area contributed by atoms with E-state index in [1.54, 1.807) is 30.3 Å². The maximum atomic E-state index is 12.7. The highest BCUT2D eigenvalue weighted by atomic mass is 35.5. The number of nitrogens with zero attached hydrogens (tertiary/aromatic N) is 3. The molecule has 3 heterocycles. The Morgan fingerprint density at radius 2 is 1.96 bits per heavy atom. The third kappa shape index (κ3) is 3.29. The average molecular weight is 398 g/mol. The van der Waals surface area contributed by atoms with Crippen molar-refractivity contribution in [3.8, 4) is 11.4 Å². The van der Waals surface area contributed by atoms with Crippen molar-refractivity contribution in [1.29, 1.82) is 0 Å². The molecule has 0 aliphatic rings.